The van der Waals surface area contributed by atoms with Gasteiger partial charge in [-0.2, -0.15) is 0 Å². The van der Waals surface area contributed by atoms with Crippen LogP contribution in [-0.2, 0) is 4.84 Å². The molecule has 0 heterocycles. The Balaban J connectivity index is 1.75. The second-order valence-corrected chi connectivity index (χ2v) is 4.45. The zero-order chi connectivity index (χ0) is 15.1. The molecule has 0 saturated heterocycles. The number of halogens is 2. The van der Waals surface area contributed by atoms with Crippen molar-refractivity contribution in [3.63, 3.8) is 0 Å². The number of nitrogens with one attached hydrogen (secondary N) is 1. The van der Waals surface area contributed by atoms with Crippen molar-refractivity contribution < 1.29 is 18.8 Å². The molecule has 0 radical (unpaired) electrons. The normalized spacial score (nSPS) is 10.2. The van der Waals surface area contributed by atoms with Crippen molar-refractivity contribution in [2.24, 2.45) is 0 Å². The van der Waals surface area contributed by atoms with Crippen LogP contribution in [0, 0.1) is 5.82 Å². The highest BCUT2D eigenvalue weighted by Crippen LogP contribution is 2.18. The van der Waals surface area contributed by atoms with Crippen LogP contribution in [0.15, 0.2) is 48.5 Å². The van der Waals surface area contributed by atoms with Crippen molar-refractivity contribution in [3.05, 3.63) is 64.9 Å². The molecule has 0 aliphatic carbocycles. The first-order valence-electron chi connectivity index (χ1n) is 6.22. The number of amides is 1. The number of para-hydroxylation sites is 1. The van der Waals surface area contributed by atoms with Gasteiger partial charge in [0, 0.05) is 0 Å². The molecule has 2 aromatic carbocycles. The summed E-state index contributed by atoms with van der Waals surface area (Å²) in [6.45, 7) is 0.363. The summed E-state index contributed by atoms with van der Waals surface area (Å²) in [5.41, 5.74) is 1.88. The van der Waals surface area contributed by atoms with E-state index in [1.807, 2.05) is 18.2 Å². The van der Waals surface area contributed by atoms with E-state index < -0.39 is 11.7 Å². The molecule has 21 heavy (non-hydrogen) atoms. The molecule has 0 bridgehead atoms. The standard InChI is InChI=1S/C15H13ClFNO3/c16-12-7-4-8-13(17)14(12)15(19)18-21-10-9-20-11-5-2-1-3-6-11/h1-8H,9-10H2,(H,18,19). The van der Waals surface area contributed by atoms with Gasteiger partial charge in [0.1, 0.15) is 24.8 Å². The van der Waals surface area contributed by atoms with Crippen LogP contribution in [-0.4, -0.2) is 19.1 Å². The third-order valence-corrected chi connectivity index (χ3v) is 2.87. The van der Waals surface area contributed by atoms with Crippen molar-refractivity contribution in [2.75, 3.05) is 13.2 Å². The quantitative estimate of drug-likeness (QED) is 0.658. The Labute approximate surface area is 126 Å². The first-order valence-corrected chi connectivity index (χ1v) is 6.60. The summed E-state index contributed by atoms with van der Waals surface area (Å²) < 4.78 is 18.8. The van der Waals surface area contributed by atoms with Gasteiger partial charge in [-0.1, -0.05) is 35.9 Å². The molecule has 0 aliphatic heterocycles. The second-order valence-electron chi connectivity index (χ2n) is 4.04. The summed E-state index contributed by atoms with van der Waals surface area (Å²) in [5, 5.41) is 0.0247. The molecule has 0 fully saturated rings. The first-order chi connectivity index (χ1) is 10.2. The van der Waals surface area contributed by atoms with Gasteiger partial charge in [-0.15, -0.1) is 0 Å². The summed E-state index contributed by atoms with van der Waals surface area (Å²) in [6, 6.07) is 13.2. The Morgan fingerprint density at radius 1 is 1.10 bits per heavy atom. The number of benzene rings is 2. The van der Waals surface area contributed by atoms with Crippen LogP contribution in [0.25, 0.3) is 0 Å². The number of rotatable bonds is 6. The predicted octanol–water partition coefficient (Wildman–Crippen LogP) is 3.22. The maximum Gasteiger partial charge on any atom is 0.279 e. The Morgan fingerprint density at radius 2 is 1.86 bits per heavy atom. The second kappa shape index (κ2) is 7.61. The monoisotopic (exact) mass is 309 g/mol. The maximum atomic E-state index is 13.5. The van der Waals surface area contributed by atoms with Crippen LogP contribution in [0.1, 0.15) is 10.4 Å². The third-order valence-electron chi connectivity index (χ3n) is 2.55. The molecule has 1 N–H and O–H groups in total. The molecule has 4 nitrogen and oxygen atoms in total. The van der Waals surface area contributed by atoms with Crippen molar-refractivity contribution in [3.8, 4) is 5.75 Å². The molecular weight excluding hydrogens is 297 g/mol. The lowest BCUT2D eigenvalue weighted by atomic mass is 10.2. The van der Waals surface area contributed by atoms with Gasteiger partial charge < -0.3 is 4.74 Å². The van der Waals surface area contributed by atoms with Gasteiger partial charge in [-0.3, -0.25) is 9.63 Å². The molecule has 110 valence electrons. The molecule has 1 amide bonds. The average molecular weight is 310 g/mol. The number of hydrogen-bond donors (Lipinski definition) is 1. The summed E-state index contributed by atoms with van der Waals surface area (Å²) in [4.78, 5) is 16.6. The van der Waals surface area contributed by atoms with Gasteiger partial charge in [0.2, 0.25) is 0 Å². The van der Waals surface area contributed by atoms with E-state index >= 15 is 0 Å². The summed E-state index contributed by atoms with van der Waals surface area (Å²) in [6.07, 6.45) is 0. The fraction of sp³-hybridized carbons (Fsp3) is 0.133. The highest BCUT2D eigenvalue weighted by atomic mass is 35.5. The van der Waals surface area contributed by atoms with Crippen LogP contribution in [0.3, 0.4) is 0 Å². The number of hydrogen-bond acceptors (Lipinski definition) is 3. The van der Waals surface area contributed by atoms with Crippen molar-refractivity contribution in [1.82, 2.24) is 5.48 Å². The SMILES string of the molecule is O=C(NOCCOc1ccccc1)c1c(F)cccc1Cl. The van der Waals surface area contributed by atoms with E-state index in [2.05, 4.69) is 5.48 Å². The molecule has 0 atom stereocenters. The van der Waals surface area contributed by atoms with Crippen LogP contribution >= 0.6 is 11.6 Å². The van der Waals surface area contributed by atoms with E-state index in [-0.39, 0.29) is 23.8 Å². The maximum absolute atomic E-state index is 13.5. The predicted molar refractivity (Wildman–Crippen MR) is 76.8 cm³/mol. The summed E-state index contributed by atoms with van der Waals surface area (Å²) in [5.74, 6) is -0.744. The Bertz CT molecular complexity index is 587. The lowest BCUT2D eigenvalue weighted by Crippen LogP contribution is -2.27. The van der Waals surface area contributed by atoms with Gasteiger partial charge in [-0.05, 0) is 24.3 Å². The molecule has 0 aromatic heterocycles. The van der Waals surface area contributed by atoms with Crippen LogP contribution in [0.2, 0.25) is 5.02 Å². The summed E-state index contributed by atoms with van der Waals surface area (Å²) >= 11 is 5.76. The fourth-order valence-corrected chi connectivity index (χ4v) is 1.85. The molecule has 2 aromatic rings. The van der Waals surface area contributed by atoms with Crippen LogP contribution < -0.4 is 10.2 Å². The third kappa shape index (κ3) is 4.44. The minimum Gasteiger partial charge on any atom is -0.491 e. The van der Waals surface area contributed by atoms with E-state index in [1.165, 1.54) is 12.1 Å². The number of hydroxylamine groups is 1. The van der Waals surface area contributed by atoms with Crippen molar-refractivity contribution in [2.45, 2.75) is 0 Å². The molecule has 2 rings (SSSR count). The van der Waals surface area contributed by atoms with E-state index in [9.17, 15) is 9.18 Å². The van der Waals surface area contributed by atoms with E-state index in [4.69, 9.17) is 21.2 Å². The zero-order valence-corrected chi connectivity index (χ0v) is 11.8. The number of ether oxygens (including phenoxy) is 1. The Hall–Kier alpha value is -2.11. The topological polar surface area (TPSA) is 47.6 Å². The smallest absolute Gasteiger partial charge is 0.279 e. The lowest BCUT2D eigenvalue weighted by molar-refractivity contribution is 0.0197. The van der Waals surface area contributed by atoms with Crippen molar-refractivity contribution >= 4 is 17.5 Å². The van der Waals surface area contributed by atoms with Gasteiger partial charge in [0.05, 0.1) is 10.6 Å². The molecule has 6 heteroatoms. The highest BCUT2D eigenvalue weighted by molar-refractivity contribution is 6.33. The molecule has 0 unspecified atom stereocenters. The molecule has 0 aliphatic rings. The van der Waals surface area contributed by atoms with Gasteiger partial charge >= 0.3 is 0 Å². The van der Waals surface area contributed by atoms with Crippen LogP contribution in [0.5, 0.6) is 5.75 Å². The number of carbonyl (C=O) groups excluding carboxylic acids is 1. The van der Waals surface area contributed by atoms with Gasteiger partial charge in [0.25, 0.3) is 5.91 Å². The highest BCUT2D eigenvalue weighted by Gasteiger charge is 2.15. The Kier molecular flexibility index (Phi) is 5.54. The van der Waals surface area contributed by atoms with E-state index in [1.54, 1.807) is 12.1 Å². The minimum absolute atomic E-state index is 0.0247. The van der Waals surface area contributed by atoms with E-state index in [0.29, 0.717) is 5.75 Å². The summed E-state index contributed by atoms with van der Waals surface area (Å²) in [7, 11) is 0. The largest absolute Gasteiger partial charge is 0.491 e. The fourth-order valence-electron chi connectivity index (χ4n) is 1.60. The van der Waals surface area contributed by atoms with E-state index in [0.717, 1.165) is 6.07 Å². The van der Waals surface area contributed by atoms with Crippen molar-refractivity contribution in [1.29, 1.82) is 0 Å². The molecule has 0 saturated carbocycles. The zero-order valence-electron chi connectivity index (χ0n) is 11.0. The molecule has 0 spiro atoms. The minimum atomic E-state index is -0.738. The average Bonchev–Trinajstić information content (AvgIpc) is 2.48. The van der Waals surface area contributed by atoms with Gasteiger partial charge in [-0.25, -0.2) is 9.87 Å². The molecular formula is C15H13ClFNO3. The Morgan fingerprint density at radius 3 is 2.57 bits per heavy atom. The number of carbonyl (C=O) groups is 1. The lowest BCUT2D eigenvalue weighted by Gasteiger charge is -2.09. The van der Waals surface area contributed by atoms with Crippen LogP contribution in [0.4, 0.5) is 4.39 Å². The first kappa shape index (κ1) is 15.3. The van der Waals surface area contributed by atoms with Gasteiger partial charge in [0.15, 0.2) is 0 Å².